The number of hydrogen-bond acceptors (Lipinski definition) is 7. The number of benzene rings is 1. The number of carbonyl (C=O) groups excluding carboxylic acids is 1. The highest BCUT2D eigenvalue weighted by Crippen LogP contribution is 2.28. The topological polar surface area (TPSA) is 124 Å². The van der Waals surface area contributed by atoms with Crippen LogP contribution in [0.4, 0.5) is 5.69 Å². The molecule has 0 aromatic heterocycles. The van der Waals surface area contributed by atoms with Crippen LogP contribution in [0.2, 0.25) is 0 Å². The largest absolute Gasteiger partial charge is 0.392 e. The van der Waals surface area contributed by atoms with Crippen LogP contribution in [0, 0.1) is 10.1 Å². The molecule has 0 saturated carbocycles. The number of likely N-dealkylation sites (tertiary alicyclic amines) is 1. The van der Waals surface area contributed by atoms with Gasteiger partial charge in [0.2, 0.25) is 10.0 Å². The van der Waals surface area contributed by atoms with Crippen molar-refractivity contribution in [2.24, 2.45) is 0 Å². The molecule has 1 unspecified atom stereocenters. The zero-order valence-corrected chi connectivity index (χ0v) is 16.3. The SMILES string of the molecule is CN(C)C(=O)c1c([N+](=O)[O-])cccc1S(=O)(=O)N(C)CCN1CCC(O)C1. The smallest absolute Gasteiger partial charge is 0.283 e. The first-order valence-electron chi connectivity index (χ1n) is 8.41. The molecule has 1 saturated heterocycles. The summed E-state index contributed by atoms with van der Waals surface area (Å²) in [6.07, 6.45) is 0.232. The second kappa shape index (κ2) is 8.30. The zero-order chi connectivity index (χ0) is 20.4. The molecule has 1 N–H and O–H groups in total. The Balaban J connectivity index is 2.35. The third kappa shape index (κ3) is 4.61. The molecule has 1 aliphatic heterocycles. The summed E-state index contributed by atoms with van der Waals surface area (Å²) in [7, 11) is 0.0498. The minimum atomic E-state index is -4.12. The van der Waals surface area contributed by atoms with E-state index in [0.29, 0.717) is 26.1 Å². The van der Waals surface area contributed by atoms with Crippen LogP contribution in [-0.4, -0.2) is 91.9 Å². The molecule has 0 bridgehead atoms. The number of aliphatic hydroxyl groups excluding tert-OH is 1. The van der Waals surface area contributed by atoms with Crippen LogP contribution in [0.1, 0.15) is 16.8 Å². The summed E-state index contributed by atoms with van der Waals surface area (Å²) in [5.74, 6) is -0.753. The summed E-state index contributed by atoms with van der Waals surface area (Å²) >= 11 is 0. The van der Waals surface area contributed by atoms with Gasteiger partial charge in [0.05, 0.1) is 11.0 Å². The third-order valence-electron chi connectivity index (χ3n) is 4.49. The van der Waals surface area contributed by atoms with Crippen molar-refractivity contribution < 1.29 is 23.2 Å². The molecule has 1 aromatic carbocycles. The van der Waals surface area contributed by atoms with E-state index in [4.69, 9.17) is 0 Å². The molecule has 0 radical (unpaired) electrons. The van der Waals surface area contributed by atoms with E-state index in [9.17, 15) is 28.4 Å². The number of amides is 1. The number of aliphatic hydroxyl groups is 1. The van der Waals surface area contributed by atoms with Crippen molar-refractivity contribution in [2.45, 2.75) is 17.4 Å². The van der Waals surface area contributed by atoms with Gasteiger partial charge in [0.25, 0.3) is 11.6 Å². The van der Waals surface area contributed by atoms with Crippen molar-refractivity contribution >= 4 is 21.6 Å². The van der Waals surface area contributed by atoms with Crippen LogP contribution >= 0.6 is 0 Å². The van der Waals surface area contributed by atoms with Gasteiger partial charge in [-0.25, -0.2) is 8.42 Å². The number of likely N-dealkylation sites (N-methyl/N-ethyl adjacent to an activating group) is 1. The van der Waals surface area contributed by atoms with Gasteiger partial charge in [-0.15, -0.1) is 0 Å². The van der Waals surface area contributed by atoms with Crippen LogP contribution in [-0.2, 0) is 10.0 Å². The lowest BCUT2D eigenvalue weighted by Crippen LogP contribution is -2.37. The quantitative estimate of drug-likeness (QED) is 0.504. The molecular formula is C16H24N4O6S. The molecule has 1 aromatic rings. The van der Waals surface area contributed by atoms with Gasteiger partial charge >= 0.3 is 0 Å². The molecule has 11 heteroatoms. The Morgan fingerprint density at radius 1 is 1.37 bits per heavy atom. The van der Waals surface area contributed by atoms with E-state index >= 15 is 0 Å². The summed E-state index contributed by atoms with van der Waals surface area (Å²) in [5.41, 5.74) is -0.998. The van der Waals surface area contributed by atoms with Gasteiger partial charge in [-0.05, 0) is 12.5 Å². The highest BCUT2D eigenvalue weighted by molar-refractivity contribution is 7.89. The van der Waals surface area contributed by atoms with E-state index in [0.717, 1.165) is 15.3 Å². The average Bonchev–Trinajstić information content (AvgIpc) is 3.03. The number of hydrogen-bond donors (Lipinski definition) is 1. The molecule has 0 aliphatic carbocycles. The lowest BCUT2D eigenvalue weighted by atomic mass is 10.1. The maximum absolute atomic E-state index is 13.0. The molecule has 1 amide bonds. The molecule has 0 spiro atoms. The molecular weight excluding hydrogens is 376 g/mol. The molecule has 2 rings (SSSR count). The van der Waals surface area contributed by atoms with Gasteiger partial charge in [-0.1, -0.05) is 6.07 Å². The second-order valence-electron chi connectivity index (χ2n) is 6.68. The minimum absolute atomic E-state index is 0.132. The van der Waals surface area contributed by atoms with E-state index in [-0.39, 0.29) is 11.4 Å². The van der Waals surface area contributed by atoms with Gasteiger partial charge in [0.1, 0.15) is 10.5 Å². The molecule has 1 fully saturated rings. The van der Waals surface area contributed by atoms with Crippen molar-refractivity contribution in [3.05, 3.63) is 33.9 Å². The first-order valence-corrected chi connectivity index (χ1v) is 9.85. The van der Waals surface area contributed by atoms with Crippen molar-refractivity contribution in [3.8, 4) is 0 Å². The van der Waals surface area contributed by atoms with Gasteiger partial charge < -0.3 is 10.0 Å². The summed E-state index contributed by atoms with van der Waals surface area (Å²) < 4.78 is 27.0. The highest BCUT2D eigenvalue weighted by Gasteiger charge is 2.33. The standard InChI is InChI=1S/C16H24N4O6S/c1-17(2)16(22)15-13(20(23)24)5-4-6-14(15)27(25,26)18(3)9-10-19-8-7-12(21)11-19/h4-6,12,21H,7-11H2,1-3H3. The number of sulfonamides is 1. The lowest BCUT2D eigenvalue weighted by Gasteiger charge is -2.22. The minimum Gasteiger partial charge on any atom is -0.392 e. The fourth-order valence-electron chi connectivity index (χ4n) is 2.91. The molecule has 1 heterocycles. The normalized spacial score (nSPS) is 18.0. The highest BCUT2D eigenvalue weighted by atomic mass is 32.2. The van der Waals surface area contributed by atoms with Crippen LogP contribution in [0.5, 0.6) is 0 Å². The van der Waals surface area contributed by atoms with Gasteiger partial charge in [-0.2, -0.15) is 4.31 Å². The molecule has 1 atom stereocenters. The van der Waals surface area contributed by atoms with Crippen molar-refractivity contribution in [2.75, 3.05) is 47.3 Å². The van der Waals surface area contributed by atoms with Crippen LogP contribution in [0.15, 0.2) is 23.1 Å². The maximum Gasteiger partial charge on any atom is 0.283 e. The molecule has 10 nitrogen and oxygen atoms in total. The van der Waals surface area contributed by atoms with E-state index in [1.807, 2.05) is 4.90 Å². The predicted octanol–water partition coefficient (Wildman–Crippen LogP) is -0.0163. The number of β-amino-alcohol motifs (C(OH)–C–C–N with tert-alkyl or cyclic N) is 1. The summed E-state index contributed by atoms with van der Waals surface area (Å²) in [6.45, 7) is 1.71. The first-order chi connectivity index (χ1) is 12.6. The number of nitro groups is 1. The average molecular weight is 400 g/mol. The monoisotopic (exact) mass is 400 g/mol. The number of rotatable bonds is 7. The van der Waals surface area contributed by atoms with Gasteiger partial charge in [0, 0.05) is 53.4 Å². The Morgan fingerprint density at radius 2 is 2.04 bits per heavy atom. The third-order valence-corrected chi connectivity index (χ3v) is 6.39. The summed E-state index contributed by atoms with van der Waals surface area (Å²) in [5, 5.41) is 20.9. The Bertz CT molecular complexity index is 826. The van der Waals surface area contributed by atoms with Gasteiger partial charge in [0.15, 0.2) is 0 Å². The van der Waals surface area contributed by atoms with Crippen molar-refractivity contribution in [3.63, 3.8) is 0 Å². The Morgan fingerprint density at radius 3 is 2.56 bits per heavy atom. The second-order valence-corrected chi connectivity index (χ2v) is 8.69. The number of carbonyl (C=O) groups is 1. The Hall–Kier alpha value is -2.08. The Labute approximate surface area is 158 Å². The van der Waals surface area contributed by atoms with Crippen LogP contribution < -0.4 is 0 Å². The predicted molar refractivity (Wildman–Crippen MR) is 98.0 cm³/mol. The number of nitrogens with zero attached hydrogens (tertiary/aromatic N) is 4. The molecule has 27 heavy (non-hydrogen) atoms. The van der Waals surface area contributed by atoms with Crippen molar-refractivity contribution in [1.29, 1.82) is 0 Å². The molecule has 150 valence electrons. The van der Waals surface area contributed by atoms with E-state index in [2.05, 4.69) is 0 Å². The van der Waals surface area contributed by atoms with E-state index < -0.39 is 38.2 Å². The summed E-state index contributed by atoms with van der Waals surface area (Å²) in [6, 6.07) is 3.57. The fourth-order valence-corrected chi connectivity index (χ4v) is 4.27. The van der Waals surface area contributed by atoms with E-state index in [1.165, 1.54) is 33.3 Å². The molecule has 1 aliphatic rings. The summed E-state index contributed by atoms with van der Waals surface area (Å²) in [4.78, 5) is 25.7. The van der Waals surface area contributed by atoms with Crippen LogP contribution in [0.25, 0.3) is 0 Å². The Kier molecular flexibility index (Phi) is 6.52. The zero-order valence-electron chi connectivity index (χ0n) is 15.5. The lowest BCUT2D eigenvalue weighted by molar-refractivity contribution is -0.385. The van der Waals surface area contributed by atoms with Crippen molar-refractivity contribution in [1.82, 2.24) is 14.1 Å². The maximum atomic E-state index is 13.0. The van der Waals surface area contributed by atoms with Gasteiger partial charge in [-0.3, -0.25) is 19.8 Å². The fraction of sp³-hybridized carbons (Fsp3) is 0.562. The van der Waals surface area contributed by atoms with E-state index in [1.54, 1.807) is 0 Å². The number of nitro benzene ring substituents is 1. The first kappa shape index (κ1) is 21.2. The van der Waals surface area contributed by atoms with Crippen LogP contribution in [0.3, 0.4) is 0 Å².